The molecule has 7 heteroatoms. The highest BCUT2D eigenvalue weighted by atomic mass is 32.2. The van der Waals surface area contributed by atoms with Crippen LogP contribution in [0.15, 0.2) is 64.5 Å². The lowest BCUT2D eigenvalue weighted by molar-refractivity contribution is -0.896. The Hall–Kier alpha value is -2.64. The molecule has 1 aromatic heterocycles. The Morgan fingerprint density at radius 3 is 2.50 bits per heavy atom. The molecule has 1 amide bonds. The molecule has 0 aliphatic rings. The summed E-state index contributed by atoms with van der Waals surface area (Å²) in [5, 5.41) is 4.09. The Balaban J connectivity index is 1.77. The Morgan fingerprint density at radius 1 is 1.07 bits per heavy atom. The maximum absolute atomic E-state index is 13.1. The van der Waals surface area contributed by atoms with E-state index in [0.717, 1.165) is 31.7 Å². The van der Waals surface area contributed by atoms with Gasteiger partial charge >= 0.3 is 0 Å². The lowest BCUT2D eigenvalue weighted by Gasteiger charge is -2.17. The van der Waals surface area contributed by atoms with Gasteiger partial charge in [0.05, 0.1) is 36.3 Å². The number of aromatic nitrogens is 2. The molecule has 6 nitrogen and oxygen atoms in total. The number of amides is 1. The molecular formula is C23H29N4O2S+. The van der Waals surface area contributed by atoms with Crippen molar-refractivity contribution in [2.24, 2.45) is 0 Å². The monoisotopic (exact) mass is 425 g/mol. The quantitative estimate of drug-likeness (QED) is 0.387. The van der Waals surface area contributed by atoms with Crippen molar-refractivity contribution in [2.75, 3.05) is 30.7 Å². The molecule has 1 heterocycles. The van der Waals surface area contributed by atoms with Crippen LogP contribution in [0.2, 0.25) is 0 Å². The van der Waals surface area contributed by atoms with Crippen LogP contribution in [-0.2, 0) is 11.3 Å². The van der Waals surface area contributed by atoms with Gasteiger partial charge < -0.3 is 10.2 Å². The lowest BCUT2D eigenvalue weighted by Crippen LogP contribution is -3.11. The van der Waals surface area contributed by atoms with E-state index >= 15 is 0 Å². The number of nitrogens with one attached hydrogen (secondary N) is 2. The maximum atomic E-state index is 13.1. The van der Waals surface area contributed by atoms with Gasteiger partial charge in [-0.05, 0) is 38.1 Å². The summed E-state index contributed by atoms with van der Waals surface area (Å²) in [5.41, 5.74) is 1.38. The van der Waals surface area contributed by atoms with E-state index in [1.807, 2.05) is 54.6 Å². The number of benzene rings is 2. The Bertz CT molecular complexity index is 1030. The number of quaternary nitrogens is 1. The number of thioether (sulfide) groups is 1. The van der Waals surface area contributed by atoms with Crippen LogP contribution < -0.4 is 15.8 Å². The average molecular weight is 426 g/mol. The molecule has 0 aliphatic heterocycles. The fourth-order valence-corrected chi connectivity index (χ4v) is 4.22. The summed E-state index contributed by atoms with van der Waals surface area (Å²) in [5.74, 6) is 0.0776. The summed E-state index contributed by atoms with van der Waals surface area (Å²) in [6.45, 7) is 8.10. The standard InChI is InChI=1S/C23H28N4O2S/c1-3-26(4-2)15-10-16-27-22(29)19-13-8-9-14-20(19)25-23(27)30-17-21(28)24-18-11-6-5-7-12-18/h5-9,11-14H,3-4,10,15-17H2,1-2H3,(H,24,28)/p+1. The Labute approximate surface area is 181 Å². The first-order valence-corrected chi connectivity index (χ1v) is 11.4. The van der Waals surface area contributed by atoms with E-state index in [0.29, 0.717) is 22.6 Å². The predicted molar refractivity (Wildman–Crippen MR) is 123 cm³/mol. The van der Waals surface area contributed by atoms with Gasteiger partial charge in [0, 0.05) is 18.7 Å². The first-order valence-electron chi connectivity index (χ1n) is 10.4. The molecule has 0 spiro atoms. The van der Waals surface area contributed by atoms with Crippen LogP contribution in [0.4, 0.5) is 5.69 Å². The van der Waals surface area contributed by atoms with Gasteiger partial charge in [-0.2, -0.15) is 0 Å². The third-order valence-corrected chi connectivity index (χ3v) is 6.10. The third kappa shape index (κ3) is 5.70. The number of carbonyl (C=O) groups excluding carboxylic acids is 1. The largest absolute Gasteiger partial charge is 0.335 e. The molecule has 0 fully saturated rings. The SMILES string of the molecule is CC[NH+](CC)CCCn1c(SCC(=O)Nc2ccccc2)nc2ccccc2c1=O. The van der Waals surface area contributed by atoms with Crippen LogP contribution in [0, 0.1) is 0 Å². The number of fused-ring (bicyclic) bond motifs is 1. The van der Waals surface area contributed by atoms with Crippen molar-refractivity contribution in [1.82, 2.24) is 9.55 Å². The number of rotatable bonds is 10. The zero-order chi connectivity index (χ0) is 21.3. The highest BCUT2D eigenvalue weighted by molar-refractivity contribution is 7.99. The normalized spacial score (nSPS) is 11.2. The van der Waals surface area contributed by atoms with E-state index in [4.69, 9.17) is 4.98 Å². The van der Waals surface area contributed by atoms with Crippen molar-refractivity contribution in [3.05, 3.63) is 65.0 Å². The second kappa shape index (κ2) is 10.9. The molecule has 0 bridgehead atoms. The van der Waals surface area contributed by atoms with Gasteiger partial charge in [-0.25, -0.2) is 4.98 Å². The van der Waals surface area contributed by atoms with Crippen molar-refractivity contribution in [1.29, 1.82) is 0 Å². The smallest absolute Gasteiger partial charge is 0.262 e. The minimum absolute atomic E-state index is 0.0406. The highest BCUT2D eigenvalue weighted by Crippen LogP contribution is 2.18. The second-order valence-electron chi connectivity index (χ2n) is 7.13. The van der Waals surface area contributed by atoms with E-state index in [9.17, 15) is 9.59 Å². The predicted octanol–water partition coefficient (Wildman–Crippen LogP) is 2.44. The fraction of sp³-hybridized carbons (Fsp3) is 0.348. The van der Waals surface area contributed by atoms with Crippen LogP contribution in [-0.4, -0.2) is 40.8 Å². The second-order valence-corrected chi connectivity index (χ2v) is 8.07. The minimum atomic E-state index is -0.118. The lowest BCUT2D eigenvalue weighted by atomic mass is 10.2. The number of anilines is 1. The summed E-state index contributed by atoms with van der Waals surface area (Å²) >= 11 is 1.31. The van der Waals surface area contributed by atoms with Crippen LogP contribution >= 0.6 is 11.8 Å². The summed E-state index contributed by atoms with van der Waals surface area (Å²) in [7, 11) is 0. The zero-order valence-electron chi connectivity index (χ0n) is 17.6. The van der Waals surface area contributed by atoms with Crippen molar-refractivity contribution in [3.8, 4) is 0 Å². The van der Waals surface area contributed by atoms with Gasteiger partial charge in [-0.3, -0.25) is 14.2 Å². The van der Waals surface area contributed by atoms with Crippen molar-refractivity contribution in [2.45, 2.75) is 32.0 Å². The number of nitrogens with zero attached hydrogens (tertiary/aromatic N) is 2. The van der Waals surface area contributed by atoms with Crippen molar-refractivity contribution in [3.63, 3.8) is 0 Å². The molecule has 0 aliphatic carbocycles. The minimum Gasteiger partial charge on any atom is -0.335 e. The number of para-hydroxylation sites is 2. The molecule has 0 radical (unpaired) electrons. The summed E-state index contributed by atoms with van der Waals surface area (Å²) in [4.78, 5) is 31.7. The average Bonchev–Trinajstić information content (AvgIpc) is 2.77. The zero-order valence-corrected chi connectivity index (χ0v) is 18.4. The van der Waals surface area contributed by atoms with Crippen molar-refractivity contribution < 1.29 is 9.69 Å². The molecule has 3 rings (SSSR count). The first-order chi connectivity index (χ1) is 14.6. The number of carbonyl (C=O) groups is 1. The molecule has 158 valence electrons. The van der Waals surface area contributed by atoms with Gasteiger partial charge in [0.2, 0.25) is 5.91 Å². The van der Waals surface area contributed by atoms with E-state index in [1.54, 1.807) is 4.57 Å². The van der Waals surface area contributed by atoms with E-state index in [2.05, 4.69) is 19.2 Å². The number of hydrogen-bond acceptors (Lipinski definition) is 4. The van der Waals surface area contributed by atoms with E-state index < -0.39 is 0 Å². The molecular weight excluding hydrogens is 396 g/mol. The van der Waals surface area contributed by atoms with Crippen LogP contribution in [0.1, 0.15) is 20.3 Å². The van der Waals surface area contributed by atoms with Gasteiger partial charge in [0.25, 0.3) is 5.56 Å². The van der Waals surface area contributed by atoms with Crippen molar-refractivity contribution >= 4 is 34.3 Å². The summed E-state index contributed by atoms with van der Waals surface area (Å²) < 4.78 is 1.73. The number of hydrogen-bond donors (Lipinski definition) is 2. The molecule has 0 saturated carbocycles. The highest BCUT2D eigenvalue weighted by Gasteiger charge is 2.14. The first kappa shape index (κ1) is 22.1. The van der Waals surface area contributed by atoms with Crippen LogP contribution in [0.5, 0.6) is 0 Å². The summed E-state index contributed by atoms with van der Waals surface area (Å²) in [6, 6.07) is 16.7. The molecule has 2 aromatic carbocycles. The Kier molecular flexibility index (Phi) is 8.04. The molecule has 3 aromatic rings. The maximum Gasteiger partial charge on any atom is 0.262 e. The van der Waals surface area contributed by atoms with Crippen LogP contribution in [0.25, 0.3) is 10.9 Å². The molecule has 30 heavy (non-hydrogen) atoms. The summed E-state index contributed by atoms with van der Waals surface area (Å²) in [6.07, 6.45) is 0.890. The topological polar surface area (TPSA) is 68.4 Å². The Morgan fingerprint density at radius 2 is 1.77 bits per heavy atom. The third-order valence-electron chi connectivity index (χ3n) is 5.13. The molecule has 2 N–H and O–H groups in total. The van der Waals surface area contributed by atoms with Gasteiger partial charge in [0.15, 0.2) is 5.16 Å². The van der Waals surface area contributed by atoms with Crippen LogP contribution in [0.3, 0.4) is 0 Å². The fourth-order valence-electron chi connectivity index (χ4n) is 3.39. The van der Waals surface area contributed by atoms with E-state index in [-0.39, 0.29) is 17.2 Å². The van der Waals surface area contributed by atoms with Gasteiger partial charge in [0.1, 0.15) is 0 Å². The molecule has 0 unspecified atom stereocenters. The van der Waals surface area contributed by atoms with Gasteiger partial charge in [-0.15, -0.1) is 0 Å². The van der Waals surface area contributed by atoms with E-state index in [1.165, 1.54) is 16.7 Å². The molecule has 0 atom stereocenters. The molecule has 0 saturated heterocycles. The van der Waals surface area contributed by atoms with Gasteiger partial charge in [-0.1, -0.05) is 42.1 Å².